The van der Waals surface area contributed by atoms with Crippen molar-refractivity contribution in [3.8, 4) is 5.75 Å². The van der Waals surface area contributed by atoms with E-state index in [0.717, 1.165) is 0 Å². The first-order valence-corrected chi connectivity index (χ1v) is 8.55. The van der Waals surface area contributed by atoms with Crippen LogP contribution in [0.15, 0.2) is 42.6 Å². The molecule has 0 amide bonds. The monoisotopic (exact) mass is 408 g/mol. The van der Waals surface area contributed by atoms with Crippen LogP contribution in [-0.2, 0) is 0 Å². The molecule has 0 aliphatic rings. The van der Waals surface area contributed by atoms with Gasteiger partial charge in [0.1, 0.15) is 11.3 Å². The number of ether oxygens (including phenoxy) is 1. The molecule has 0 radical (unpaired) electrons. The van der Waals surface area contributed by atoms with Gasteiger partial charge in [-0.25, -0.2) is 15.0 Å². The first kappa shape index (κ1) is 19.5. The molecule has 0 aliphatic heterocycles. The van der Waals surface area contributed by atoms with Crippen molar-refractivity contribution in [1.29, 1.82) is 0 Å². The van der Waals surface area contributed by atoms with Crippen LogP contribution >= 0.6 is 12.2 Å². The van der Waals surface area contributed by atoms with Crippen molar-refractivity contribution in [3.63, 3.8) is 0 Å². The van der Waals surface area contributed by atoms with Crippen molar-refractivity contribution < 1.29 is 17.9 Å². The maximum atomic E-state index is 12.6. The second-order valence-corrected chi connectivity index (χ2v) is 5.86. The van der Waals surface area contributed by atoms with E-state index in [-0.39, 0.29) is 17.3 Å². The predicted molar refractivity (Wildman–Crippen MR) is 104 cm³/mol. The number of benzene rings is 1. The van der Waals surface area contributed by atoms with Gasteiger partial charge < -0.3 is 20.7 Å². The SMILES string of the molecule is CCNC(=S)Nc1ccc2ncc(Nc3ccccc3OC(F)(F)F)nc2n1. The average Bonchev–Trinajstić information content (AvgIpc) is 2.62. The van der Waals surface area contributed by atoms with Crippen LogP contribution in [0.3, 0.4) is 0 Å². The fourth-order valence-corrected chi connectivity index (χ4v) is 2.52. The highest BCUT2D eigenvalue weighted by atomic mass is 32.1. The van der Waals surface area contributed by atoms with Crippen molar-refractivity contribution >= 4 is 45.8 Å². The summed E-state index contributed by atoms with van der Waals surface area (Å²) in [7, 11) is 0. The van der Waals surface area contributed by atoms with Crippen molar-refractivity contribution in [1.82, 2.24) is 20.3 Å². The molecular weight excluding hydrogens is 393 g/mol. The summed E-state index contributed by atoms with van der Waals surface area (Å²) in [5.41, 5.74) is 0.907. The van der Waals surface area contributed by atoms with E-state index in [4.69, 9.17) is 12.2 Å². The van der Waals surface area contributed by atoms with E-state index in [1.165, 1.54) is 24.4 Å². The zero-order chi connectivity index (χ0) is 20.1. The molecule has 146 valence electrons. The number of alkyl halides is 3. The fraction of sp³-hybridized carbons (Fsp3) is 0.176. The molecule has 0 saturated heterocycles. The second-order valence-electron chi connectivity index (χ2n) is 5.45. The van der Waals surface area contributed by atoms with Crippen LogP contribution in [0.2, 0.25) is 0 Å². The Balaban J connectivity index is 1.85. The number of anilines is 3. The Labute approximate surface area is 163 Å². The number of fused-ring (bicyclic) bond motifs is 1. The topological polar surface area (TPSA) is 84.0 Å². The first-order chi connectivity index (χ1) is 13.3. The molecule has 7 nitrogen and oxygen atoms in total. The number of hydrogen-bond donors (Lipinski definition) is 3. The van der Waals surface area contributed by atoms with Gasteiger partial charge in [0.15, 0.2) is 22.3 Å². The van der Waals surface area contributed by atoms with Crippen LogP contribution in [0.4, 0.5) is 30.5 Å². The van der Waals surface area contributed by atoms with Crippen molar-refractivity contribution in [3.05, 3.63) is 42.6 Å². The molecule has 2 aromatic heterocycles. The quantitative estimate of drug-likeness (QED) is 0.547. The lowest BCUT2D eigenvalue weighted by Crippen LogP contribution is -2.28. The lowest BCUT2D eigenvalue weighted by molar-refractivity contribution is -0.274. The summed E-state index contributed by atoms with van der Waals surface area (Å²) in [6.07, 6.45) is -3.41. The standard InChI is InChI=1S/C17H15F3N6OS/c1-2-21-16(28)26-13-8-7-11-15(24-13)25-14(9-22-11)23-10-5-3-4-6-12(10)27-17(18,19)20/h3-9H,2H2,1H3,(H3,21,23,24,25,26,28). The number of thiocarbonyl (C=S) groups is 1. The summed E-state index contributed by atoms with van der Waals surface area (Å²) in [5, 5.41) is 9.03. The summed E-state index contributed by atoms with van der Waals surface area (Å²) in [4.78, 5) is 12.8. The van der Waals surface area contributed by atoms with E-state index in [1.807, 2.05) is 6.92 Å². The van der Waals surface area contributed by atoms with Gasteiger partial charge >= 0.3 is 6.36 Å². The number of halogens is 3. The lowest BCUT2D eigenvalue weighted by atomic mass is 10.3. The van der Waals surface area contributed by atoms with Gasteiger partial charge in [-0.2, -0.15) is 0 Å². The van der Waals surface area contributed by atoms with Crippen LogP contribution in [0, 0.1) is 0 Å². The molecule has 0 saturated carbocycles. The molecular formula is C17H15F3N6OS. The third kappa shape index (κ3) is 5.16. The highest BCUT2D eigenvalue weighted by molar-refractivity contribution is 7.80. The summed E-state index contributed by atoms with van der Waals surface area (Å²) in [5.74, 6) is 0.298. The second kappa shape index (κ2) is 8.21. The van der Waals surface area contributed by atoms with Gasteiger partial charge in [-0.1, -0.05) is 12.1 Å². The molecule has 0 spiro atoms. The Kier molecular flexibility index (Phi) is 5.73. The van der Waals surface area contributed by atoms with Crippen LogP contribution in [0.5, 0.6) is 5.75 Å². The van der Waals surface area contributed by atoms with E-state index in [0.29, 0.717) is 28.6 Å². The van der Waals surface area contributed by atoms with Crippen molar-refractivity contribution in [2.45, 2.75) is 13.3 Å². The molecule has 0 fully saturated rings. The highest BCUT2D eigenvalue weighted by Gasteiger charge is 2.32. The van der Waals surface area contributed by atoms with Gasteiger partial charge in [-0.15, -0.1) is 13.2 Å². The number of para-hydroxylation sites is 2. The molecule has 2 heterocycles. The molecule has 0 aliphatic carbocycles. The van der Waals surface area contributed by atoms with Crippen molar-refractivity contribution in [2.24, 2.45) is 0 Å². The number of aromatic nitrogens is 3. The summed E-state index contributed by atoms with van der Waals surface area (Å²) >= 11 is 5.11. The van der Waals surface area contributed by atoms with Crippen LogP contribution < -0.4 is 20.7 Å². The minimum Gasteiger partial charge on any atom is -0.404 e. The number of nitrogens with zero attached hydrogens (tertiary/aromatic N) is 3. The zero-order valence-electron chi connectivity index (χ0n) is 14.5. The van der Waals surface area contributed by atoms with E-state index in [1.54, 1.807) is 18.2 Å². The van der Waals surface area contributed by atoms with Crippen molar-refractivity contribution in [2.75, 3.05) is 17.2 Å². The minimum absolute atomic E-state index is 0.0936. The van der Waals surface area contributed by atoms with Gasteiger partial charge in [0, 0.05) is 6.54 Å². The van der Waals surface area contributed by atoms with E-state index in [2.05, 4.69) is 35.6 Å². The molecule has 28 heavy (non-hydrogen) atoms. The van der Waals surface area contributed by atoms with Crippen LogP contribution in [-0.4, -0.2) is 33.0 Å². The van der Waals surface area contributed by atoms with Gasteiger partial charge in [0.2, 0.25) is 0 Å². The Morgan fingerprint density at radius 2 is 1.86 bits per heavy atom. The molecule has 3 rings (SSSR count). The Morgan fingerprint density at radius 3 is 2.61 bits per heavy atom. The number of nitrogens with one attached hydrogen (secondary N) is 3. The smallest absolute Gasteiger partial charge is 0.404 e. The number of hydrogen-bond acceptors (Lipinski definition) is 6. The van der Waals surface area contributed by atoms with E-state index < -0.39 is 6.36 Å². The first-order valence-electron chi connectivity index (χ1n) is 8.14. The third-order valence-corrected chi connectivity index (χ3v) is 3.61. The van der Waals surface area contributed by atoms with Crippen LogP contribution in [0.25, 0.3) is 11.2 Å². The van der Waals surface area contributed by atoms with Gasteiger partial charge in [0.25, 0.3) is 0 Å². The molecule has 1 aromatic carbocycles. The average molecular weight is 408 g/mol. The Morgan fingerprint density at radius 1 is 1.11 bits per heavy atom. The maximum Gasteiger partial charge on any atom is 0.573 e. The number of rotatable bonds is 5. The summed E-state index contributed by atoms with van der Waals surface area (Å²) in [6.45, 7) is 2.57. The van der Waals surface area contributed by atoms with Gasteiger partial charge in [-0.3, -0.25) is 0 Å². The third-order valence-electron chi connectivity index (χ3n) is 3.36. The Bertz CT molecular complexity index is 998. The molecule has 0 unspecified atom stereocenters. The highest BCUT2D eigenvalue weighted by Crippen LogP contribution is 2.31. The van der Waals surface area contributed by atoms with Crippen LogP contribution in [0.1, 0.15) is 6.92 Å². The largest absolute Gasteiger partial charge is 0.573 e. The molecule has 11 heteroatoms. The maximum absolute atomic E-state index is 12.6. The minimum atomic E-state index is -4.81. The molecule has 3 N–H and O–H groups in total. The lowest BCUT2D eigenvalue weighted by Gasteiger charge is -2.14. The Hall–Kier alpha value is -3.21. The normalized spacial score (nSPS) is 11.1. The summed E-state index contributed by atoms with van der Waals surface area (Å²) in [6, 6.07) is 9.05. The molecule has 0 bridgehead atoms. The number of pyridine rings is 1. The van der Waals surface area contributed by atoms with Gasteiger partial charge in [0.05, 0.1) is 11.9 Å². The van der Waals surface area contributed by atoms with E-state index >= 15 is 0 Å². The van der Waals surface area contributed by atoms with E-state index in [9.17, 15) is 13.2 Å². The predicted octanol–water partition coefficient (Wildman–Crippen LogP) is 3.97. The molecule has 3 aromatic rings. The fourth-order valence-electron chi connectivity index (χ4n) is 2.27. The van der Waals surface area contributed by atoms with Gasteiger partial charge in [-0.05, 0) is 43.4 Å². The zero-order valence-corrected chi connectivity index (χ0v) is 15.4. The molecule has 0 atom stereocenters. The summed E-state index contributed by atoms with van der Waals surface area (Å²) < 4.78 is 41.7.